The van der Waals surface area contributed by atoms with Crippen molar-refractivity contribution in [3.8, 4) is 0 Å². The summed E-state index contributed by atoms with van der Waals surface area (Å²) in [7, 11) is 0. The molecule has 0 bridgehead atoms. The van der Waals surface area contributed by atoms with Crippen LogP contribution in [0.5, 0.6) is 0 Å². The summed E-state index contributed by atoms with van der Waals surface area (Å²) in [5.74, 6) is 0.735. The number of rotatable bonds is 1. The lowest BCUT2D eigenvalue weighted by molar-refractivity contribution is 0.00601. The van der Waals surface area contributed by atoms with Gasteiger partial charge in [0.1, 0.15) is 0 Å². The Bertz CT molecular complexity index is 713. The minimum absolute atomic E-state index is 0.0255. The topological polar surface area (TPSA) is 56.3 Å². The number of hydrogen-bond donors (Lipinski definition) is 2. The third kappa shape index (κ3) is 1.97. The highest BCUT2D eigenvalue weighted by molar-refractivity contribution is 6.07. The van der Waals surface area contributed by atoms with E-state index in [1.807, 2.05) is 12.1 Å². The fourth-order valence-corrected chi connectivity index (χ4v) is 3.58. The van der Waals surface area contributed by atoms with Gasteiger partial charge in [-0.15, -0.1) is 0 Å². The molecule has 1 aliphatic heterocycles. The maximum atomic E-state index is 12.6. The Labute approximate surface area is 123 Å². The Morgan fingerprint density at radius 2 is 2.19 bits per heavy atom. The lowest BCUT2D eigenvalue weighted by Crippen LogP contribution is -2.53. The van der Waals surface area contributed by atoms with Crippen molar-refractivity contribution < 1.29 is 9.90 Å². The van der Waals surface area contributed by atoms with Crippen LogP contribution in [0.2, 0.25) is 0 Å². The molecule has 2 heterocycles. The monoisotopic (exact) mass is 284 g/mol. The Balaban J connectivity index is 1.78. The summed E-state index contributed by atoms with van der Waals surface area (Å²) < 4.78 is 0. The Hall–Kier alpha value is -1.81. The van der Waals surface area contributed by atoms with Crippen molar-refractivity contribution in [2.45, 2.75) is 32.3 Å². The molecule has 2 aliphatic rings. The van der Waals surface area contributed by atoms with E-state index in [2.05, 4.69) is 18.0 Å². The molecule has 1 unspecified atom stereocenters. The minimum atomic E-state index is -0.356. The molecule has 1 amide bonds. The van der Waals surface area contributed by atoms with E-state index in [4.69, 9.17) is 0 Å². The number of para-hydroxylation sites is 1. The van der Waals surface area contributed by atoms with Crippen LogP contribution in [0, 0.1) is 5.92 Å². The van der Waals surface area contributed by atoms with Crippen LogP contribution in [0.15, 0.2) is 18.2 Å². The normalized spacial score (nSPS) is 22.2. The van der Waals surface area contributed by atoms with Gasteiger partial charge in [0.2, 0.25) is 0 Å². The molecule has 21 heavy (non-hydrogen) atoms. The van der Waals surface area contributed by atoms with Gasteiger partial charge < -0.3 is 15.0 Å². The van der Waals surface area contributed by atoms with E-state index in [1.165, 1.54) is 23.1 Å². The maximum Gasteiger partial charge on any atom is 0.256 e. The van der Waals surface area contributed by atoms with Gasteiger partial charge in [-0.3, -0.25) is 4.79 Å². The van der Waals surface area contributed by atoms with Crippen molar-refractivity contribution in [2.24, 2.45) is 5.92 Å². The zero-order chi connectivity index (χ0) is 14.6. The molecule has 4 nitrogen and oxygen atoms in total. The highest BCUT2D eigenvalue weighted by Gasteiger charge is 2.31. The molecule has 1 aromatic carbocycles. The van der Waals surface area contributed by atoms with Crippen molar-refractivity contribution >= 4 is 16.8 Å². The SMILES string of the molecule is CC1CCc2[nH]c3c(C(=O)N4CC(O)C4)cccc3c2C1. The van der Waals surface area contributed by atoms with Crippen LogP contribution in [0.25, 0.3) is 10.9 Å². The number of nitrogens with zero attached hydrogens (tertiary/aromatic N) is 1. The lowest BCUT2D eigenvalue weighted by Gasteiger charge is -2.35. The van der Waals surface area contributed by atoms with Crippen LogP contribution in [-0.2, 0) is 12.8 Å². The van der Waals surface area contributed by atoms with Gasteiger partial charge in [-0.25, -0.2) is 0 Å². The molecule has 0 spiro atoms. The quantitative estimate of drug-likeness (QED) is 0.842. The number of nitrogens with one attached hydrogen (secondary N) is 1. The zero-order valence-corrected chi connectivity index (χ0v) is 12.2. The van der Waals surface area contributed by atoms with Crippen molar-refractivity contribution in [1.82, 2.24) is 9.88 Å². The molecule has 1 saturated heterocycles. The van der Waals surface area contributed by atoms with Crippen molar-refractivity contribution in [2.75, 3.05) is 13.1 Å². The largest absolute Gasteiger partial charge is 0.389 e. The van der Waals surface area contributed by atoms with Crippen LogP contribution in [0.3, 0.4) is 0 Å². The molecule has 110 valence electrons. The molecule has 0 radical (unpaired) electrons. The number of benzene rings is 1. The molecule has 4 heteroatoms. The number of aromatic amines is 1. The summed E-state index contributed by atoms with van der Waals surface area (Å²) in [4.78, 5) is 17.8. The van der Waals surface area contributed by atoms with Gasteiger partial charge >= 0.3 is 0 Å². The molecule has 2 N–H and O–H groups in total. The standard InChI is InChI=1S/C17H20N2O2/c1-10-5-6-15-14(7-10)12-3-2-4-13(16(12)18-15)17(21)19-8-11(20)9-19/h2-4,10-11,18,20H,5-9H2,1H3. The van der Waals surface area contributed by atoms with E-state index in [-0.39, 0.29) is 12.0 Å². The molecule has 4 rings (SSSR count). The number of carbonyl (C=O) groups is 1. The van der Waals surface area contributed by atoms with E-state index in [0.717, 1.165) is 23.9 Å². The predicted molar refractivity (Wildman–Crippen MR) is 81.4 cm³/mol. The van der Waals surface area contributed by atoms with Crippen LogP contribution in [0.1, 0.15) is 35.0 Å². The second kappa shape index (κ2) is 4.60. The Morgan fingerprint density at radius 1 is 1.38 bits per heavy atom. The van der Waals surface area contributed by atoms with Gasteiger partial charge in [-0.1, -0.05) is 19.1 Å². The van der Waals surface area contributed by atoms with Crippen LogP contribution >= 0.6 is 0 Å². The van der Waals surface area contributed by atoms with E-state index in [0.29, 0.717) is 19.0 Å². The summed E-state index contributed by atoms with van der Waals surface area (Å²) in [5.41, 5.74) is 4.40. The zero-order valence-electron chi connectivity index (χ0n) is 12.2. The third-order valence-electron chi connectivity index (χ3n) is 4.85. The first kappa shape index (κ1) is 12.9. The molecule has 1 fully saturated rings. The fourth-order valence-electron chi connectivity index (χ4n) is 3.58. The van der Waals surface area contributed by atoms with Crippen LogP contribution in [-0.4, -0.2) is 40.1 Å². The number of hydrogen-bond acceptors (Lipinski definition) is 2. The first-order valence-corrected chi connectivity index (χ1v) is 7.73. The summed E-state index contributed by atoms with van der Waals surface area (Å²) in [6, 6.07) is 5.98. The number of aliphatic hydroxyl groups is 1. The van der Waals surface area contributed by atoms with E-state index >= 15 is 0 Å². The molecule has 1 atom stereocenters. The second-order valence-electron chi connectivity index (χ2n) is 6.52. The number of fused-ring (bicyclic) bond motifs is 3. The average Bonchev–Trinajstić information content (AvgIpc) is 2.81. The van der Waals surface area contributed by atoms with Crippen molar-refractivity contribution in [3.63, 3.8) is 0 Å². The Morgan fingerprint density at radius 3 is 2.95 bits per heavy atom. The molecular formula is C17H20N2O2. The number of aryl methyl sites for hydroxylation is 1. The second-order valence-corrected chi connectivity index (χ2v) is 6.52. The number of H-pyrrole nitrogens is 1. The van der Waals surface area contributed by atoms with E-state index in [1.54, 1.807) is 4.90 Å². The maximum absolute atomic E-state index is 12.6. The van der Waals surface area contributed by atoms with Gasteiger partial charge in [-0.2, -0.15) is 0 Å². The Kier molecular flexibility index (Phi) is 2.82. The third-order valence-corrected chi connectivity index (χ3v) is 4.85. The average molecular weight is 284 g/mol. The van der Waals surface area contributed by atoms with Gasteiger partial charge in [0.05, 0.1) is 17.2 Å². The number of likely N-dealkylation sites (tertiary alicyclic amines) is 1. The van der Waals surface area contributed by atoms with Gasteiger partial charge in [0, 0.05) is 24.2 Å². The summed E-state index contributed by atoms with van der Waals surface area (Å²) in [5, 5.41) is 10.6. The van der Waals surface area contributed by atoms with Crippen molar-refractivity contribution in [3.05, 3.63) is 35.0 Å². The number of β-amino-alcohol motifs (C(OH)–C–C–N with tert-alkyl or cyclic N) is 1. The number of amides is 1. The summed E-state index contributed by atoms with van der Waals surface area (Å²) in [6.45, 7) is 3.19. The highest BCUT2D eigenvalue weighted by Crippen LogP contribution is 2.33. The molecule has 1 aromatic heterocycles. The van der Waals surface area contributed by atoms with Crippen LogP contribution in [0.4, 0.5) is 0 Å². The molecule has 1 aliphatic carbocycles. The van der Waals surface area contributed by atoms with Gasteiger partial charge in [0.25, 0.3) is 5.91 Å². The van der Waals surface area contributed by atoms with E-state index in [9.17, 15) is 9.90 Å². The predicted octanol–water partition coefficient (Wildman–Crippen LogP) is 2.11. The van der Waals surface area contributed by atoms with Gasteiger partial charge in [0.15, 0.2) is 0 Å². The molecular weight excluding hydrogens is 264 g/mol. The number of aromatic nitrogens is 1. The van der Waals surface area contributed by atoms with Crippen molar-refractivity contribution in [1.29, 1.82) is 0 Å². The first-order valence-electron chi connectivity index (χ1n) is 7.73. The summed E-state index contributed by atoms with van der Waals surface area (Å²) in [6.07, 6.45) is 3.02. The lowest BCUT2D eigenvalue weighted by atomic mass is 9.87. The smallest absolute Gasteiger partial charge is 0.256 e. The number of carbonyl (C=O) groups excluding carboxylic acids is 1. The molecule has 0 saturated carbocycles. The highest BCUT2D eigenvalue weighted by atomic mass is 16.3. The summed E-state index contributed by atoms with van der Waals surface area (Å²) >= 11 is 0. The number of aliphatic hydroxyl groups excluding tert-OH is 1. The van der Waals surface area contributed by atoms with E-state index < -0.39 is 0 Å². The minimum Gasteiger partial charge on any atom is -0.389 e. The fraction of sp³-hybridized carbons (Fsp3) is 0.471. The molecule has 2 aromatic rings. The first-order chi connectivity index (χ1) is 10.1. The van der Waals surface area contributed by atoms with Gasteiger partial charge in [-0.05, 0) is 36.8 Å². The van der Waals surface area contributed by atoms with Crippen LogP contribution < -0.4 is 0 Å².